The van der Waals surface area contributed by atoms with E-state index >= 15 is 0 Å². The summed E-state index contributed by atoms with van der Waals surface area (Å²) in [5.74, 6) is 0. The van der Waals surface area contributed by atoms with Gasteiger partial charge in [-0.2, -0.15) is 0 Å². The minimum atomic E-state index is -0.276. The molecule has 0 saturated heterocycles. The van der Waals surface area contributed by atoms with Crippen LogP contribution in [0.5, 0.6) is 0 Å². The Morgan fingerprint density at radius 1 is 1.25 bits per heavy atom. The highest BCUT2D eigenvalue weighted by molar-refractivity contribution is 4.84. The predicted octanol–water partition coefficient (Wildman–Crippen LogP) is 1.92. The lowest BCUT2D eigenvalue weighted by molar-refractivity contribution is 0.128. The van der Waals surface area contributed by atoms with Gasteiger partial charge < -0.3 is 10.4 Å². The fourth-order valence-electron chi connectivity index (χ4n) is 1.12. The van der Waals surface area contributed by atoms with Crippen LogP contribution >= 0.6 is 0 Å². The molecule has 0 saturated carbocycles. The largest absolute Gasteiger partial charge is 0.392 e. The van der Waals surface area contributed by atoms with Crippen LogP contribution in [0.4, 0.5) is 0 Å². The molecule has 0 amide bonds. The molecule has 2 nitrogen and oxygen atoms in total. The van der Waals surface area contributed by atoms with Crippen LogP contribution in [0.3, 0.4) is 0 Å². The van der Waals surface area contributed by atoms with E-state index < -0.39 is 0 Å². The van der Waals surface area contributed by atoms with Gasteiger partial charge in [0.15, 0.2) is 0 Å². The molecule has 0 aliphatic heterocycles. The number of nitrogens with one attached hydrogen (secondary N) is 1. The second-order valence-corrected chi connectivity index (χ2v) is 3.94. The molecular weight excluding hydrogens is 150 g/mol. The van der Waals surface area contributed by atoms with Gasteiger partial charge in [-0.25, -0.2) is 0 Å². The molecule has 0 spiro atoms. The lowest BCUT2D eigenvalue weighted by Crippen LogP contribution is -2.50. The highest BCUT2D eigenvalue weighted by Crippen LogP contribution is 2.15. The van der Waals surface area contributed by atoms with Gasteiger partial charge in [0.25, 0.3) is 0 Å². The van der Waals surface area contributed by atoms with Crippen molar-refractivity contribution in [3.8, 4) is 0 Å². The molecule has 0 aromatic carbocycles. The van der Waals surface area contributed by atoms with Gasteiger partial charge in [0.1, 0.15) is 0 Å². The zero-order valence-corrected chi connectivity index (χ0v) is 9.02. The van der Waals surface area contributed by atoms with Crippen molar-refractivity contribution >= 4 is 0 Å². The number of hydrogen-bond acceptors (Lipinski definition) is 2. The smallest absolute Gasteiger partial charge is 0.0662 e. The number of aliphatic hydroxyl groups is 1. The Morgan fingerprint density at radius 3 is 1.92 bits per heavy atom. The van der Waals surface area contributed by atoms with Gasteiger partial charge in [0.2, 0.25) is 0 Å². The summed E-state index contributed by atoms with van der Waals surface area (Å²) in [4.78, 5) is 0. The van der Waals surface area contributed by atoms with Crippen LogP contribution in [0.15, 0.2) is 0 Å². The van der Waals surface area contributed by atoms with E-state index in [1.165, 1.54) is 0 Å². The van der Waals surface area contributed by atoms with E-state index in [2.05, 4.69) is 26.1 Å². The molecule has 12 heavy (non-hydrogen) atoms. The second-order valence-electron chi connectivity index (χ2n) is 3.94. The third-order valence-electron chi connectivity index (χ3n) is 2.86. The first-order chi connectivity index (χ1) is 5.45. The zero-order valence-electron chi connectivity index (χ0n) is 9.02. The topological polar surface area (TPSA) is 32.3 Å². The van der Waals surface area contributed by atoms with Crippen molar-refractivity contribution < 1.29 is 5.11 Å². The predicted molar refractivity (Wildman–Crippen MR) is 53.3 cm³/mol. The minimum Gasteiger partial charge on any atom is -0.392 e. The summed E-state index contributed by atoms with van der Waals surface area (Å²) in [5.41, 5.74) is 0.177. The first kappa shape index (κ1) is 11.9. The van der Waals surface area contributed by atoms with Crippen molar-refractivity contribution in [2.24, 2.45) is 0 Å². The van der Waals surface area contributed by atoms with E-state index in [-0.39, 0.29) is 17.7 Å². The lowest BCUT2D eigenvalue weighted by Gasteiger charge is -2.33. The van der Waals surface area contributed by atoms with Crippen molar-refractivity contribution in [2.75, 3.05) is 0 Å². The maximum atomic E-state index is 9.31. The first-order valence-electron chi connectivity index (χ1n) is 4.91. The number of hydrogen-bond donors (Lipinski definition) is 2. The van der Waals surface area contributed by atoms with Gasteiger partial charge in [-0.1, -0.05) is 13.8 Å². The SMILES string of the molecule is CCC(C)(CC)NC(C)C(C)O. The fraction of sp³-hybridized carbons (Fsp3) is 1.00. The van der Waals surface area contributed by atoms with E-state index in [0.29, 0.717) is 0 Å². The molecule has 0 aromatic rings. The Balaban J connectivity index is 4.02. The van der Waals surface area contributed by atoms with Crippen molar-refractivity contribution in [1.82, 2.24) is 5.32 Å². The Morgan fingerprint density at radius 2 is 1.67 bits per heavy atom. The van der Waals surface area contributed by atoms with Crippen LogP contribution < -0.4 is 5.32 Å². The summed E-state index contributed by atoms with van der Waals surface area (Å²) in [7, 11) is 0. The van der Waals surface area contributed by atoms with Crippen LogP contribution in [-0.2, 0) is 0 Å². The second kappa shape index (κ2) is 4.83. The minimum absolute atomic E-state index is 0.176. The molecule has 0 rings (SSSR count). The molecule has 0 fully saturated rings. The monoisotopic (exact) mass is 173 g/mol. The Bertz CT molecular complexity index is 119. The molecule has 0 aromatic heterocycles. The number of rotatable bonds is 5. The molecule has 0 heterocycles. The highest BCUT2D eigenvalue weighted by Gasteiger charge is 2.22. The van der Waals surface area contributed by atoms with E-state index in [9.17, 15) is 5.11 Å². The summed E-state index contributed by atoms with van der Waals surface area (Å²) < 4.78 is 0. The summed E-state index contributed by atoms with van der Waals surface area (Å²) in [5, 5.41) is 12.8. The molecule has 2 heteroatoms. The first-order valence-corrected chi connectivity index (χ1v) is 4.91. The Labute approximate surface area is 76.4 Å². The van der Waals surface area contributed by atoms with Crippen LogP contribution in [0.1, 0.15) is 47.5 Å². The quantitative estimate of drug-likeness (QED) is 0.666. The zero-order chi connectivity index (χ0) is 9.78. The van der Waals surface area contributed by atoms with E-state index in [1.807, 2.05) is 13.8 Å². The van der Waals surface area contributed by atoms with E-state index in [4.69, 9.17) is 0 Å². The summed E-state index contributed by atoms with van der Waals surface area (Å²) in [6.07, 6.45) is 1.92. The number of aliphatic hydroxyl groups excluding tert-OH is 1. The maximum Gasteiger partial charge on any atom is 0.0662 e. The van der Waals surface area contributed by atoms with Crippen molar-refractivity contribution in [3.63, 3.8) is 0 Å². The average molecular weight is 173 g/mol. The Kier molecular flexibility index (Phi) is 4.80. The molecule has 0 radical (unpaired) electrons. The van der Waals surface area contributed by atoms with E-state index in [0.717, 1.165) is 12.8 Å². The normalized spacial score (nSPS) is 17.5. The fourth-order valence-corrected chi connectivity index (χ4v) is 1.12. The molecule has 2 N–H and O–H groups in total. The van der Waals surface area contributed by atoms with Crippen molar-refractivity contribution in [1.29, 1.82) is 0 Å². The standard InChI is InChI=1S/C10H23NO/c1-6-10(5,7-2)11-8(3)9(4)12/h8-9,11-12H,6-7H2,1-5H3. The molecule has 0 bridgehead atoms. The average Bonchev–Trinajstić information content (AvgIpc) is 2.04. The van der Waals surface area contributed by atoms with Crippen LogP contribution in [-0.4, -0.2) is 22.8 Å². The molecule has 2 atom stereocenters. The van der Waals surface area contributed by atoms with Gasteiger partial charge in [-0.05, 0) is 33.6 Å². The summed E-state index contributed by atoms with van der Waals surface area (Å²) >= 11 is 0. The van der Waals surface area contributed by atoms with Gasteiger partial charge in [-0.3, -0.25) is 0 Å². The third-order valence-corrected chi connectivity index (χ3v) is 2.86. The third kappa shape index (κ3) is 3.55. The molecular formula is C10H23NO. The van der Waals surface area contributed by atoms with Gasteiger partial charge >= 0.3 is 0 Å². The van der Waals surface area contributed by atoms with Crippen LogP contribution in [0, 0.1) is 0 Å². The van der Waals surface area contributed by atoms with Gasteiger partial charge in [0, 0.05) is 11.6 Å². The summed E-state index contributed by atoms with van der Waals surface area (Å²) in [6, 6.07) is 0.176. The Hall–Kier alpha value is -0.0800. The maximum absolute atomic E-state index is 9.31. The molecule has 0 aliphatic rings. The van der Waals surface area contributed by atoms with Crippen LogP contribution in [0.2, 0.25) is 0 Å². The van der Waals surface area contributed by atoms with Crippen LogP contribution in [0.25, 0.3) is 0 Å². The lowest BCUT2D eigenvalue weighted by atomic mass is 9.94. The van der Waals surface area contributed by atoms with Gasteiger partial charge in [-0.15, -0.1) is 0 Å². The highest BCUT2D eigenvalue weighted by atomic mass is 16.3. The summed E-state index contributed by atoms with van der Waals surface area (Å²) in [6.45, 7) is 10.4. The molecule has 74 valence electrons. The van der Waals surface area contributed by atoms with Crippen molar-refractivity contribution in [2.45, 2.75) is 65.1 Å². The van der Waals surface area contributed by atoms with E-state index in [1.54, 1.807) is 0 Å². The molecule has 0 aliphatic carbocycles. The van der Waals surface area contributed by atoms with Crippen molar-refractivity contribution in [3.05, 3.63) is 0 Å². The van der Waals surface area contributed by atoms with Gasteiger partial charge in [0.05, 0.1) is 6.10 Å². The molecule has 2 unspecified atom stereocenters.